The Kier molecular flexibility index (Phi) is 5.73. The number of anilines is 1. The number of hydrogen-bond acceptors (Lipinski definition) is 8. The lowest BCUT2D eigenvalue weighted by Crippen LogP contribution is -2.26. The van der Waals surface area contributed by atoms with Gasteiger partial charge in [0.05, 0.1) is 22.3 Å². The van der Waals surface area contributed by atoms with Crippen molar-refractivity contribution in [3.63, 3.8) is 0 Å². The lowest BCUT2D eigenvalue weighted by atomic mass is 10.1. The molecule has 1 aliphatic rings. The average Bonchev–Trinajstić information content (AvgIpc) is 3.39. The Labute approximate surface area is 203 Å². The van der Waals surface area contributed by atoms with Crippen LogP contribution < -0.4 is 15.6 Å². The maximum Gasteiger partial charge on any atom is 0.297 e. The van der Waals surface area contributed by atoms with E-state index in [1.807, 2.05) is 37.3 Å². The second-order valence-electron chi connectivity index (χ2n) is 7.96. The van der Waals surface area contributed by atoms with Crippen LogP contribution in [0.4, 0.5) is 5.69 Å². The molecule has 0 aliphatic carbocycles. The predicted molar refractivity (Wildman–Crippen MR) is 129 cm³/mol. The van der Waals surface area contributed by atoms with E-state index in [-0.39, 0.29) is 23.9 Å². The predicted octanol–water partition coefficient (Wildman–Crippen LogP) is 2.15. The van der Waals surface area contributed by atoms with Crippen molar-refractivity contribution in [2.45, 2.75) is 24.3 Å². The van der Waals surface area contributed by atoms with Crippen LogP contribution in [0, 0.1) is 6.92 Å². The number of rotatable bonds is 6. The molecule has 0 bridgehead atoms. The molecule has 2 aromatic carbocycles. The van der Waals surface area contributed by atoms with Crippen molar-refractivity contribution in [2.24, 2.45) is 7.05 Å². The molecule has 0 spiro atoms. The zero-order valence-electron chi connectivity index (χ0n) is 19.1. The number of fused-ring (bicyclic) bond motifs is 1. The monoisotopic (exact) mass is 491 g/mol. The van der Waals surface area contributed by atoms with Gasteiger partial charge >= 0.3 is 0 Å². The van der Waals surface area contributed by atoms with Gasteiger partial charge in [-0.2, -0.15) is 4.68 Å². The molecule has 0 saturated carbocycles. The lowest BCUT2D eigenvalue weighted by molar-refractivity contribution is -0.118. The van der Waals surface area contributed by atoms with Crippen molar-refractivity contribution in [1.29, 1.82) is 0 Å². The number of tetrazole rings is 1. The normalized spacial score (nSPS) is 13.6. The number of carbonyl (C=O) groups excluding carboxylic acids is 2. The zero-order chi connectivity index (χ0) is 24.7. The first kappa shape index (κ1) is 22.6. The Hall–Kier alpha value is -4.19. The number of para-hydroxylation sites is 1. The Morgan fingerprint density at radius 1 is 1.17 bits per heavy atom. The number of thioether (sulfide) groups is 1. The fourth-order valence-electron chi connectivity index (χ4n) is 3.87. The fourth-order valence-corrected chi connectivity index (χ4v) is 4.74. The van der Waals surface area contributed by atoms with Gasteiger partial charge in [-0.3, -0.25) is 19.1 Å². The van der Waals surface area contributed by atoms with Gasteiger partial charge in [-0.25, -0.2) is 4.68 Å². The number of amides is 1. The summed E-state index contributed by atoms with van der Waals surface area (Å²) >= 11 is 1.14. The molecule has 35 heavy (non-hydrogen) atoms. The van der Waals surface area contributed by atoms with E-state index in [2.05, 4.69) is 20.8 Å². The Morgan fingerprint density at radius 2 is 1.94 bits per heavy atom. The molecule has 4 aromatic rings. The molecular formula is C23H21N7O4S. The molecule has 1 N–H and O–H groups in total. The van der Waals surface area contributed by atoms with E-state index in [9.17, 15) is 14.4 Å². The van der Waals surface area contributed by atoms with Crippen LogP contribution in [0.3, 0.4) is 0 Å². The second kappa shape index (κ2) is 8.87. The van der Waals surface area contributed by atoms with Crippen molar-refractivity contribution >= 4 is 29.1 Å². The lowest BCUT2D eigenvalue weighted by Gasteiger charge is -2.19. The van der Waals surface area contributed by atoms with Crippen LogP contribution in [0.5, 0.6) is 5.75 Å². The molecule has 1 aliphatic heterocycles. The summed E-state index contributed by atoms with van der Waals surface area (Å²) in [6, 6.07) is 14.2. The molecule has 2 aromatic heterocycles. The number of Topliss-reactive ketones (excluding diaryl/α,β-unsaturated/α-hetero) is 1. The molecule has 1 unspecified atom stereocenters. The first-order valence-corrected chi connectivity index (χ1v) is 11.6. The third-order valence-electron chi connectivity index (χ3n) is 5.72. The SMILES string of the molecule is Cc1c(-n2nnnc2SC(C)C(=O)c2ccc3c(c2)NC(=O)CO3)c(=O)n(-c2ccccc2)n1C. The molecule has 1 atom stereocenters. The zero-order valence-corrected chi connectivity index (χ0v) is 19.9. The standard InChI is InChI=1S/C23H21N7O4S/c1-13-20(22(33)30(28(13)3)16-7-5-4-6-8-16)29-23(25-26-27-29)35-14(2)21(32)15-9-10-18-17(11-15)24-19(31)12-34-18/h4-11,14H,12H2,1-3H3,(H,24,31). The number of ether oxygens (including phenoxy) is 1. The number of nitrogens with one attached hydrogen (secondary N) is 1. The highest BCUT2D eigenvalue weighted by atomic mass is 32.2. The highest BCUT2D eigenvalue weighted by Gasteiger charge is 2.26. The molecule has 0 saturated heterocycles. The van der Waals surface area contributed by atoms with Crippen molar-refractivity contribution < 1.29 is 14.3 Å². The Balaban J connectivity index is 1.44. The van der Waals surface area contributed by atoms with Crippen molar-refractivity contribution in [2.75, 3.05) is 11.9 Å². The van der Waals surface area contributed by atoms with Gasteiger partial charge in [-0.1, -0.05) is 30.0 Å². The third kappa shape index (κ3) is 4.01. The van der Waals surface area contributed by atoms with Gasteiger partial charge in [-0.05, 0) is 54.6 Å². The summed E-state index contributed by atoms with van der Waals surface area (Å²) in [6.07, 6.45) is 0. The average molecular weight is 492 g/mol. The first-order valence-electron chi connectivity index (χ1n) is 10.8. The summed E-state index contributed by atoms with van der Waals surface area (Å²) in [5.41, 5.74) is 2.26. The molecule has 5 rings (SSSR count). The van der Waals surface area contributed by atoms with Crippen molar-refractivity contribution in [3.8, 4) is 17.1 Å². The van der Waals surface area contributed by atoms with Crippen LogP contribution in [0.25, 0.3) is 11.4 Å². The molecule has 0 radical (unpaired) electrons. The topological polar surface area (TPSA) is 126 Å². The summed E-state index contributed by atoms with van der Waals surface area (Å²) in [5.74, 6) is 0.0568. The number of hydrogen-bond donors (Lipinski definition) is 1. The largest absolute Gasteiger partial charge is 0.482 e. The third-order valence-corrected chi connectivity index (χ3v) is 6.76. The van der Waals surface area contributed by atoms with Gasteiger partial charge in [0.25, 0.3) is 11.5 Å². The number of ketones is 1. The van der Waals surface area contributed by atoms with E-state index in [0.29, 0.717) is 39.2 Å². The molecular weight excluding hydrogens is 470 g/mol. The van der Waals surface area contributed by atoms with Gasteiger partial charge in [0.2, 0.25) is 5.16 Å². The summed E-state index contributed by atoms with van der Waals surface area (Å²) in [4.78, 5) is 38.1. The highest BCUT2D eigenvalue weighted by Crippen LogP contribution is 2.31. The van der Waals surface area contributed by atoms with Gasteiger partial charge in [0, 0.05) is 12.6 Å². The van der Waals surface area contributed by atoms with Gasteiger partial charge < -0.3 is 10.1 Å². The number of carbonyl (C=O) groups is 2. The molecule has 178 valence electrons. The molecule has 11 nitrogen and oxygen atoms in total. The van der Waals surface area contributed by atoms with Gasteiger partial charge in [0.15, 0.2) is 18.1 Å². The van der Waals surface area contributed by atoms with E-state index < -0.39 is 5.25 Å². The quantitative estimate of drug-likeness (QED) is 0.321. The molecule has 3 heterocycles. The summed E-state index contributed by atoms with van der Waals surface area (Å²) in [6.45, 7) is 3.49. The number of benzene rings is 2. The minimum Gasteiger partial charge on any atom is -0.482 e. The van der Waals surface area contributed by atoms with Gasteiger partial charge in [0.1, 0.15) is 5.75 Å². The Morgan fingerprint density at radius 3 is 2.71 bits per heavy atom. The minimum atomic E-state index is -0.571. The van der Waals surface area contributed by atoms with Crippen LogP contribution >= 0.6 is 11.8 Å². The summed E-state index contributed by atoms with van der Waals surface area (Å²) in [7, 11) is 1.79. The molecule has 12 heteroatoms. The van der Waals surface area contributed by atoms with E-state index >= 15 is 0 Å². The minimum absolute atomic E-state index is 0.0555. The first-order chi connectivity index (χ1) is 16.8. The van der Waals surface area contributed by atoms with Crippen LogP contribution in [-0.4, -0.2) is 53.1 Å². The number of aromatic nitrogens is 6. The highest BCUT2D eigenvalue weighted by molar-refractivity contribution is 8.00. The molecule has 1 amide bonds. The number of nitrogens with zero attached hydrogens (tertiary/aromatic N) is 6. The maximum atomic E-state index is 13.4. The van der Waals surface area contributed by atoms with E-state index in [0.717, 1.165) is 11.8 Å². The van der Waals surface area contributed by atoms with E-state index in [4.69, 9.17) is 4.74 Å². The summed E-state index contributed by atoms with van der Waals surface area (Å²) in [5, 5.41) is 14.3. The molecule has 0 fully saturated rings. The summed E-state index contributed by atoms with van der Waals surface area (Å²) < 4.78 is 10.0. The maximum absolute atomic E-state index is 13.4. The van der Waals surface area contributed by atoms with Crippen LogP contribution in [0.1, 0.15) is 23.0 Å². The van der Waals surface area contributed by atoms with Crippen LogP contribution in [-0.2, 0) is 11.8 Å². The van der Waals surface area contributed by atoms with E-state index in [1.54, 1.807) is 41.5 Å². The Bertz CT molecular complexity index is 1510. The van der Waals surface area contributed by atoms with Gasteiger partial charge in [-0.15, -0.1) is 5.10 Å². The van der Waals surface area contributed by atoms with Crippen molar-refractivity contribution in [1.82, 2.24) is 29.6 Å². The van der Waals surface area contributed by atoms with E-state index in [1.165, 1.54) is 4.68 Å². The van der Waals surface area contributed by atoms with Crippen molar-refractivity contribution in [3.05, 3.63) is 70.1 Å². The van der Waals surface area contributed by atoms with Crippen LogP contribution in [0.15, 0.2) is 58.5 Å². The second-order valence-corrected chi connectivity index (χ2v) is 9.26. The fraction of sp³-hybridized carbons (Fsp3) is 0.217. The smallest absolute Gasteiger partial charge is 0.297 e. The van der Waals surface area contributed by atoms with Crippen LogP contribution in [0.2, 0.25) is 0 Å².